The Morgan fingerprint density at radius 2 is 1.87 bits per heavy atom. The second-order valence-corrected chi connectivity index (χ2v) is 10.2. The van der Waals surface area contributed by atoms with Gasteiger partial charge >= 0.3 is 0 Å². The molecule has 3 aromatic rings. The van der Waals surface area contributed by atoms with E-state index in [4.69, 9.17) is 14.2 Å². The molecule has 1 aromatic heterocycles. The van der Waals surface area contributed by atoms with Crippen molar-refractivity contribution in [1.29, 1.82) is 0 Å². The Bertz CT molecular complexity index is 1300. The van der Waals surface area contributed by atoms with Crippen molar-refractivity contribution in [3.8, 4) is 17.2 Å². The predicted octanol–water partition coefficient (Wildman–Crippen LogP) is 5.54. The van der Waals surface area contributed by atoms with Gasteiger partial charge in [0.2, 0.25) is 0 Å². The monoisotopic (exact) mass is 534 g/mol. The molecule has 1 heterocycles. The van der Waals surface area contributed by atoms with Crippen molar-refractivity contribution < 1.29 is 24.1 Å². The first-order valence-electron chi connectivity index (χ1n) is 12.7. The third-order valence-corrected chi connectivity index (χ3v) is 7.58. The van der Waals surface area contributed by atoms with E-state index in [2.05, 4.69) is 4.98 Å². The van der Waals surface area contributed by atoms with E-state index in [9.17, 15) is 9.90 Å². The molecule has 1 atom stereocenters. The highest BCUT2D eigenvalue weighted by Crippen LogP contribution is 2.41. The van der Waals surface area contributed by atoms with Crippen LogP contribution in [0.4, 0.5) is 0 Å². The first kappa shape index (κ1) is 27.5. The van der Waals surface area contributed by atoms with E-state index in [1.807, 2.05) is 72.4 Å². The molecule has 1 unspecified atom stereocenters. The maximum atomic E-state index is 13.4. The Balaban J connectivity index is 1.45. The average molecular weight is 535 g/mol. The standard InChI is InChI=1S/C30H34N2O5S/c1-32-18-17-31-29(32)38-27-21-30(34,16-7-8-19-37-23-11-5-4-6-12-23)24(28(27)33)13-9-10-22-14-15-25(35-2)26(20-22)36-3/h4-6,11-15,17-18,20-21,34H,7-10,16,19H2,1-3H3/b24-13+. The van der Waals surface area contributed by atoms with Crippen molar-refractivity contribution in [3.63, 3.8) is 0 Å². The summed E-state index contributed by atoms with van der Waals surface area (Å²) in [5.41, 5.74) is 0.162. The van der Waals surface area contributed by atoms with Crippen LogP contribution in [0.25, 0.3) is 0 Å². The Kier molecular flexibility index (Phi) is 9.31. The van der Waals surface area contributed by atoms with E-state index in [0.717, 1.165) is 17.7 Å². The molecular weight excluding hydrogens is 500 g/mol. The number of aryl methyl sites for hydroxylation is 2. The van der Waals surface area contributed by atoms with Gasteiger partial charge in [-0.1, -0.05) is 30.3 Å². The molecule has 1 aliphatic rings. The summed E-state index contributed by atoms with van der Waals surface area (Å²) in [5.74, 6) is 2.02. The number of hydrogen-bond acceptors (Lipinski definition) is 7. The number of para-hydroxylation sites is 1. The number of allylic oxidation sites excluding steroid dienone is 2. The molecule has 2 aromatic carbocycles. The lowest BCUT2D eigenvalue weighted by Gasteiger charge is -2.22. The Hall–Kier alpha value is -3.49. The first-order chi connectivity index (χ1) is 18.4. The number of methoxy groups -OCH3 is 2. The van der Waals surface area contributed by atoms with Crippen LogP contribution < -0.4 is 14.2 Å². The Labute approximate surface area is 228 Å². The number of ether oxygens (including phenoxy) is 3. The van der Waals surface area contributed by atoms with Crippen LogP contribution >= 0.6 is 11.8 Å². The minimum Gasteiger partial charge on any atom is -0.494 e. The average Bonchev–Trinajstić information content (AvgIpc) is 3.44. The number of hydrogen-bond donors (Lipinski definition) is 1. The molecule has 0 bridgehead atoms. The van der Waals surface area contributed by atoms with Crippen LogP contribution in [-0.4, -0.2) is 46.9 Å². The number of Topliss-reactive ketones (excluding diaryl/α,β-unsaturated/α-hetero) is 1. The molecule has 200 valence electrons. The smallest absolute Gasteiger partial charge is 0.198 e. The van der Waals surface area contributed by atoms with Crippen LogP contribution in [0.2, 0.25) is 0 Å². The molecule has 8 heteroatoms. The lowest BCUT2D eigenvalue weighted by molar-refractivity contribution is -0.112. The van der Waals surface area contributed by atoms with E-state index < -0.39 is 5.60 Å². The number of benzene rings is 2. The minimum absolute atomic E-state index is 0.145. The summed E-state index contributed by atoms with van der Waals surface area (Å²) >= 11 is 1.29. The molecule has 0 saturated heterocycles. The molecule has 1 N–H and O–H groups in total. The van der Waals surface area contributed by atoms with Crippen molar-refractivity contribution in [2.45, 2.75) is 42.9 Å². The third-order valence-electron chi connectivity index (χ3n) is 6.48. The number of imidazole rings is 1. The fraction of sp³-hybridized carbons (Fsp3) is 0.333. The van der Waals surface area contributed by atoms with Crippen molar-refractivity contribution >= 4 is 17.5 Å². The van der Waals surface area contributed by atoms with E-state index >= 15 is 0 Å². The van der Waals surface area contributed by atoms with E-state index in [1.54, 1.807) is 26.5 Å². The highest BCUT2D eigenvalue weighted by Gasteiger charge is 2.41. The van der Waals surface area contributed by atoms with Gasteiger partial charge in [-0.2, -0.15) is 0 Å². The summed E-state index contributed by atoms with van der Waals surface area (Å²) in [6.45, 7) is 0.547. The molecule has 0 radical (unpaired) electrons. The SMILES string of the molecule is COc1ccc(CC/C=C2\C(=O)C(Sc3nccn3C)=CC2(O)CCCCOc2ccccc2)cc1OC. The van der Waals surface area contributed by atoms with E-state index in [-0.39, 0.29) is 5.78 Å². The summed E-state index contributed by atoms with van der Waals surface area (Å²) in [6, 6.07) is 15.5. The number of aliphatic hydroxyl groups is 1. The second kappa shape index (κ2) is 12.8. The van der Waals surface area contributed by atoms with Gasteiger partial charge < -0.3 is 23.9 Å². The number of ketones is 1. The zero-order valence-corrected chi connectivity index (χ0v) is 22.9. The quantitative estimate of drug-likeness (QED) is 0.228. The number of carbonyl (C=O) groups is 1. The van der Waals surface area contributed by atoms with Crippen molar-refractivity contribution in [2.24, 2.45) is 7.05 Å². The molecular formula is C30H34N2O5S. The summed E-state index contributed by atoms with van der Waals surface area (Å²) in [4.78, 5) is 18.3. The maximum Gasteiger partial charge on any atom is 0.198 e. The van der Waals surface area contributed by atoms with E-state index in [0.29, 0.717) is 59.4 Å². The van der Waals surface area contributed by atoms with Gasteiger partial charge in [0, 0.05) is 25.0 Å². The number of aromatic nitrogens is 2. The molecule has 1 aliphatic carbocycles. The molecule has 0 amide bonds. The largest absolute Gasteiger partial charge is 0.494 e. The van der Waals surface area contributed by atoms with Gasteiger partial charge in [-0.15, -0.1) is 0 Å². The lowest BCUT2D eigenvalue weighted by atomic mass is 9.89. The number of thioether (sulfide) groups is 1. The zero-order chi connectivity index (χ0) is 27.0. The normalized spacial score (nSPS) is 18.1. The fourth-order valence-corrected chi connectivity index (χ4v) is 5.38. The maximum absolute atomic E-state index is 13.4. The van der Waals surface area contributed by atoms with E-state index in [1.165, 1.54) is 11.8 Å². The number of nitrogens with zero attached hydrogens (tertiary/aromatic N) is 2. The van der Waals surface area contributed by atoms with Gasteiger partial charge in [0.05, 0.1) is 25.7 Å². The van der Waals surface area contributed by atoms with Crippen molar-refractivity contribution in [1.82, 2.24) is 9.55 Å². The van der Waals surface area contributed by atoms with Crippen LogP contribution in [0.1, 0.15) is 31.2 Å². The molecule has 0 fully saturated rings. The number of unbranched alkanes of at least 4 members (excludes halogenated alkanes) is 1. The molecule has 0 aliphatic heterocycles. The Morgan fingerprint density at radius 1 is 1.08 bits per heavy atom. The zero-order valence-electron chi connectivity index (χ0n) is 22.1. The summed E-state index contributed by atoms with van der Waals surface area (Å²) in [5, 5.41) is 12.4. The molecule has 0 saturated carbocycles. The van der Waals surface area contributed by atoms with Crippen LogP contribution in [0.3, 0.4) is 0 Å². The van der Waals surface area contributed by atoms with Crippen molar-refractivity contribution in [2.75, 3.05) is 20.8 Å². The summed E-state index contributed by atoms with van der Waals surface area (Å²) in [6.07, 6.45) is 10.3. The van der Waals surface area contributed by atoms with Crippen LogP contribution in [0.5, 0.6) is 17.2 Å². The Morgan fingerprint density at radius 3 is 2.58 bits per heavy atom. The second-order valence-electron chi connectivity index (χ2n) is 9.15. The van der Waals surface area contributed by atoms with Crippen LogP contribution in [-0.2, 0) is 18.3 Å². The first-order valence-corrected chi connectivity index (χ1v) is 13.5. The molecule has 7 nitrogen and oxygen atoms in total. The molecule has 4 rings (SSSR count). The van der Waals surface area contributed by atoms with Gasteiger partial charge in [-0.25, -0.2) is 4.98 Å². The summed E-state index contributed by atoms with van der Waals surface area (Å²) in [7, 11) is 5.10. The van der Waals surface area contributed by atoms with Gasteiger partial charge in [0.1, 0.15) is 11.4 Å². The van der Waals surface area contributed by atoms with Crippen LogP contribution in [0.15, 0.2) is 88.7 Å². The lowest BCUT2D eigenvalue weighted by Crippen LogP contribution is -2.28. The highest BCUT2D eigenvalue weighted by atomic mass is 32.2. The van der Waals surface area contributed by atoms with Gasteiger partial charge in [0.15, 0.2) is 22.4 Å². The van der Waals surface area contributed by atoms with Gasteiger partial charge in [0.25, 0.3) is 0 Å². The molecule has 0 spiro atoms. The van der Waals surface area contributed by atoms with Crippen molar-refractivity contribution in [3.05, 3.63) is 89.1 Å². The number of rotatable bonds is 13. The third kappa shape index (κ3) is 6.68. The minimum atomic E-state index is -1.32. The summed E-state index contributed by atoms with van der Waals surface area (Å²) < 4.78 is 18.4. The topological polar surface area (TPSA) is 82.8 Å². The van der Waals surface area contributed by atoms with Crippen LogP contribution in [0, 0.1) is 0 Å². The van der Waals surface area contributed by atoms with Gasteiger partial charge in [-0.3, -0.25) is 4.79 Å². The number of carbonyl (C=O) groups excluding carboxylic acids is 1. The van der Waals surface area contributed by atoms with Gasteiger partial charge in [-0.05, 0) is 79.8 Å². The predicted molar refractivity (Wildman–Crippen MR) is 149 cm³/mol. The highest BCUT2D eigenvalue weighted by molar-refractivity contribution is 8.03. The molecule has 38 heavy (non-hydrogen) atoms. The fourth-order valence-electron chi connectivity index (χ4n) is 4.41.